The molecule has 0 radical (unpaired) electrons. The predicted molar refractivity (Wildman–Crippen MR) is 85.5 cm³/mol. The molecule has 1 N–H and O–H groups in total. The van der Waals surface area contributed by atoms with Crippen molar-refractivity contribution in [3.63, 3.8) is 0 Å². The summed E-state index contributed by atoms with van der Waals surface area (Å²) in [4.78, 5) is 23.7. The number of ether oxygens (including phenoxy) is 1. The van der Waals surface area contributed by atoms with Gasteiger partial charge in [-0.25, -0.2) is 0 Å². The van der Waals surface area contributed by atoms with E-state index < -0.39 is 0 Å². The molecule has 6 heteroatoms. The third-order valence-corrected chi connectivity index (χ3v) is 3.63. The molecule has 1 aliphatic heterocycles. The number of rotatable bonds is 10. The average Bonchev–Trinajstić information content (AvgIpc) is 3.37. The molecule has 0 saturated heterocycles. The zero-order valence-corrected chi connectivity index (χ0v) is 13.4. The van der Waals surface area contributed by atoms with Crippen molar-refractivity contribution >= 4 is 11.9 Å². The molecule has 0 unspecified atom stereocenters. The Bertz CT molecular complexity index is 539. The molecule has 1 amide bonds. The van der Waals surface area contributed by atoms with Crippen molar-refractivity contribution in [2.24, 2.45) is 16.1 Å². The molecule has 0 saturated carbocycles. The van der Waals surface area contributed by atoms with Crippen LogP contribution in [0.3, 0.4) is 0 Å². The number of esters is 1. The second-order valence-corrected chi connectivity index (χ2v) is 5.75. The van der Waals surface area contributed by atoms with Crippen LogP contribution in [0.4, 0.5) is 0 Å². The largest absolute Gasteiger partial charge is 0.461 e. The van der Waals surface area contributed by atoms with Gasteiger partial charge in [0.25, 0.3) is 0 Å². The van der Waals surface area contributed by atoms with E-state index in [1.807, 2.05) is 30.3 Å². The lowest BCUT2D eigenvalue weighted by molar-refractivity contribution is -0.147. The Morgan fingerprint density at radius 1 is 1.22 bits per heavy atom. The van der Waals surface area contributed by atoms with Crippen molar-refractivity contribution in [3.05, 3.63) is 35.9 Å². The molecule has 1 aliphatic rings. The molecular formula is C17H23N3O3. The lowest BCUT2D eigenvalue weighted by Gasteiger charge is -2.12. The number of amides is 1. The minimum atomic E-state index is -0.383. The fraction of sp³-hybridized carbons (Fsp3) is 0.529. The molecule has 0 aliphatic carbocycles. The van der Waals surface area contributed by atoms with Gasteiger partial charge in [-0.1, -0.05) is 37.3 Å². The van der Waals surface area contributed by atoms with Gasteiger partial charge < -0.3 is 10.1 Å². The van der Waals surface area contributed by atoms with E-state index in [1.165, 1.54) is 0 Å². The normalized spacial score (nSPS) is 14.3. The number of nitrogens with zero attached hydrogens (tertiary/aromatic N) is 2. The first-order chi connectivity index (χ1) is 11.1. The van der Waals surface area contributed by atoms with E-state index in [-0.39, 0.29) is 37.0 Å². The first-order valence-electron chi connectivity index (χ1n) is 8.02. The molecule has 124 valence electrons. The van der Waals surface area contributed by atoms with Crippen molar-refractivity contribution in [2.75, 3.05) is 6.54 Å². The quantitative estimate of drug-likeness (QED) is 0.532. The van der Waals surface area contributed by atoms with Crippen LogP contribution in [-0.4, -0.2) is 24.6 Å². The van der Waals surface area contributed by atoms with Gasteiger partial charge in [0.15, 0.2) is 6.17 Å². The number of carbonyl (C=O) groups excluding carboxylic acids is 2. The molecule has 1 atom stereocenters. The number of hydrogen-bond donors (Lipinski definition) is 1. The molecular weight excluding hydrogens is 294 g/mol. The monoisotopic (exact) mass is 317 g/mol. The molecule has 1 aromatic carbocycles. The molecule has 23 heavy (non-hydrogen) atoms. The predicted octanol–water partition coefficient (Wildman–Crippen LogP) is 2.83. The Kier molecular flexibility index (Phi) is 6.72. The second-order valence-electron chi connectivity index (χ2n) is 5.75. The van der Waals surface area contributed by atoms with Crippen LogP contribution in [0.1, 0.15) is 38.2 Å². The molecule has 0 fully saturated rings. The standard InChI is InChI=1S/C17H23N3O3/c1-13(17(22)18-10-6-5-9-15-19-20-15)11-16(21)23-12-14-7-3-2-4-8-14/h2-4,7-8,13,15H,5-6,9-12H2,1H3,(H,18,22)/t13-/m1/s1. The maximum absolute atomic E-state index is 11.9. The summed E-state index contributed by atoms with van der Waals surface area (Å²) in [7, 11) is 0. The summed E-state index contributed by atoms with van der Waals surface area (Å²) in [5.41, 5.74) is 0.937. The Labute approximate surface area is 136 Å². The van der Waals surface area contributed by atoms with Crippen LogP contribution in [-0.2, 0) is 20.9 Å². The van der Waals surface area contributed by atoms with Crippen molar-refractivity contribution in [3.8, 4) is 0 Å². The van der Waals surface area contributed by atoms with Gasteiger partial charge >= 0.3 is 5.97 Å². The van der Waals surface area contributed by atoms with Gasteiger partial charge in [-0.2, -0.15) is 10.2 Å². The van der Waals surface area contributed by atoms with Gasteiger partial charge in [0.2, 0.25) is 5.91 Å². The minimum Gasteiger partial charge on any atom is -0.461 e. The van der Waals surface area contributed by atoms with E-state index in [0.717, 1.165) is 24.8 Å². The Morgan fingerprint density at radius 2 is 1.96 bits per heavy atom. The number of carbonyl (C=O) groups is 2. The smallest absolute Gasteiger partial charge is 0.306 e. The number of unbranched alkanes of at least 4 members (excludes halogenated alkanes) is 1. The highest BCUT2D eigenvalue weighted by atomic mass is 16.5. The van der Waals surface area contributed by atoms with E-state index in [0.29, 0.717) is 6.54 Å². The second kappa shape index (κ2) is 9.02. The summed E-state index contributed by atoms with van der Waals surface area (Å²) in [6.07, 6.45) is 3.14. The van der Waals surface area contributed by atoms with Gasteiger partial charge in [0.1, 0.15) is 6.61 Å². The highest BCUT2D eigenvalue weighted by molar-refractivity contribution is 5.83. The van der Waals surface area contributed by atoms with Gasteiger partial charge in [0, 0.05) is 12.5 Å². The Morgan fingerprint density at radius 3 is 2.65 bits per heavy atom. The summed E-state index contributed by atoms with van der Waals surface area (Å²) in [6, 6.07) is 9.48. The molecule has 1 aromatic rings. The number of hydrogen-bond acceptors (Lipinski definition) is 5. The topological polar surface area (TPSA) is 80.1 Å². The maximum atomic E-state index is 11.9. The van der Waals surface area contributed by atoms with Crippen LogP contribution in [0.25, 0.3) is 0 Å². The van der Waals surface area contributed by atoms with E-state index in [1.54, 1.807) is 6.92 Å². The van der Waals surface area contributed by atoms with Gasteiger partial charge in [0.05, 0.1) is 6.42 Å². The zero-order valence-electron chi connectivity index (χ0n) is 13.4. The summed E-state index contributed by atoms with van der Waals surface area (Å²) < 4.78 is 5.19. The summed E-state index contributed by atoms with van der Waals surface area (Å²) >= 11 is 0. The van der Waals surface area contributed by atoms with Gasteiger partial charge in [-0.15, -0.1) is 0 Å². The van der Waals surface area contributed by atoms with Gasteiger partial charge in [-0.3, -0.25) is 9.59 Å². The van der Waals surface area contributed by atoms with E-state index in [4.69, 9.17) is 4.74 Å². The lowest BCUT2D eigenvalue weighted by Crippen LogP contribution is -2.31. The molecule has 0 aromatic heterocycles. The summed E-state index contributed by atoms with van der Waals surface area (Å²) in [5, 5.41) is 10.5. The molecule has 2 rings (SSSR count). The van der Waals surface area contributed by atoms with E-state index in [2.05, 4.69) is 15.5 Å². The van der Waals surface area contributed by atoms with E-state index in [9.17, 15) is 9.59 Å². The van der Waals surface area contributed by atoms with Crippen LogP contribution in [0.2, 0.25) is 0 Å². The van der Waals surface area contributed by atoms with Crippen LogP contribution in [0.15, 0.2) is 40.6 Å². The Hall–Kier alpha value is -2.24. The Balaban J connectivity index is 1.55. The highest BCUT2D eigenvalue weighted by Crippen LogP contribution is 2.17. The molecule has 1 heterocycles. The molecule has 0 bridgehead atoms. The molecule has 6 nitrogen and oxygen atoms in total. The first-order valence-corrected chi connectivity index (χ1v) is 8.02. The SMILES string of the molecule is C[C@H](CC(=O)OCc1ccccc1)C(=O)NCCCCC1N=N1. The lowest BCUT2D eigenvalue weighted by atomic mass is 10.1. The fourth-order valence-electron chi connectivity index (χ4n) is 2.14. The van der Waals surface area contributed by atoms with Crippen molar-refractivity contribution in [2.45, 2.75) is 45.4 Å². The van der Waals surface area contributed by atoms with E-state index >= 15 is 0 Å². The number of benzene rings is 1. The third-order valence-electron chi connectivity index (χ3n) is 3.63. The fourth-order valence-corrected chi connectivity index (χ4v) is 2.14. The van der Waals surface area contributed by atoms with Crippen molar-refractivity contribution in [1.29, 1.82) is 0 Å². The van der Waals surface area contributed by atoms with Gasteiger partial charge in [-0.05, 0) is 24.8 Å². The zero-order chi connectivity index (χ0) is 16.5. The first kappa shape index (κ1) is 17.1. The van der Waals surface area contributed by atoms with Crippen molar-refractivity contribution in [1.82, 2.24) is 5.32 Å². The van der Waals surface area contributed by atoms with Crippen LogP contribution in [0.5, 0.6) is 0 Å². The van der Waals surface area contributed by atoms with Crippen LogP contribution < -0.4 is 5.32 Å². The number of nitrogens with one attached hydrogen (secondary N) is 1. The summed E-state index contributed by atoms with van der Waals surface area (Å²) in [6.45, 7) is 2.60. The van der Waals surface area contributed by atoms with Crippen LogP contribution >= 0.6 is 0 Å². The molecule has 0 spiro atoms. The highest BCUT2D eigenvalue weighted by Gasteiger charge is 2.18. The average molecular weight is 317 g/mol. The minimum absolute atomic E-state index is 0.0957. The van der Waals surface area contributed by atoms with Crippen LogP contribution in [0, 0.1) is 5.92 Å². The third kappa shape index (κ3) is 7.04. The summed E-state index contributed by atoms with van der Waals surface area (Å²) in [5.74, 6) is -0.845. The van der Waals surface area contributed by atoms with Crippen molar-refractivity contribution < 1.29 is 14.3 Å². The maximum Gasteiger partial charge on any atom is 0.306 e.